The predicted octanol–water partition coefficient (Wildman–Crippen LogP) is 4.41. The van der Waals surface area contributed by atoms with Crippen molar-refractivity contribution in [3.05, 3.63) is 51.5 Å². The second-order valence-corrected chi connectivity index (χ2v) is 7.41. The minimum atomic E-state index is -0.435. The molecule has 136 valence electrons. The topological polar surface area (TPSA) is 58.6 Å². The normalized spacial score (nSPS) is 16.7. The Balaban J connectivity index is 1.77. The van der Waals surface area contributed by atoms with Crippen molar-refractivity contribution in [1.82, 2.24) is 0 Å². The van der Waals surface area contributed by atoms with Crippen molar-refractivity contribution in [3.8, 4) is 5.75 Å². The average molecular weight is 438 g/mol. The number of ether oxygens (including phenoxy) is 1. The van der Waals surface area contributed by atoms with Gasteiger partial charge in [0.25, 0.3) is 0 Å². The third kappa shape index (κ3) is 3.71. The molecule has 0 aliphatic carbocycles. The molecule has 1 aliphatic heterocycles. The Morgan fingerprint density at radius 3 is 2.77 bits per heavy atom. The Kier molecular flexibility index (Phi) is 5.53. The van der Waals surface area contributed by atoms with Crippen molar-refractivity contribution in [3.63, 3.8) is 0 Å². The first-order valence-electron chi connectivity index (χ1n) is 8.10. The summed E-state index contributed by atoms with van der Waals surface area (Å²) in [7, 11) is 1.52. The van der Waals surface area contributed by atoms with E-state index < -0.39 is 5.92 Å². The van der Waals surface area contributed by atoms with Gasteiger partial charge in [0.15, 0.2) is 0 Å². The van der Waals surface area contributed by atoms with E-state index in [0.29, 0.717) is 23.0 Å². The maximum absolute atomic E-state index is 12.7. The molecular formula is C19H18BrClN2O3. The van der Waals surface area contributed by atoms with Crippen molar-refractivity contribution in [2.75, 3.05) is 23.9 Å². The van der Waals surface area contributed by atoms with Crippen LogP contribution >= 0.6 is 27.5 Å². The van der Waals surface area contributed by atoms with Gasteiger partial charge in [0.05, 0.1) is 24.4 Å². The molecule has 1 atom stereocenters. The smallest absolute Gasteiger partial charge is 0.229 e. The van der Waals surface area contributed by atoms with Crippen molar-refractivity contribution >= 4 is 50.7 Å². The van der Waals surface area contributed by atoms with Gasteiger partial charge in [0.1, 0.15) is 5.75 Å². The molecule has 26 heavy (non-hydrogen) atoms. The summed E-state index contributed by atoms with van der Waals surface area (Å²) in [5, 5.41) is 3.43. The third-order valence-electron chi connectivity index (χ3n) is 4.38. The fraction of sp³-hybridized carbons (Fsp3) is 0.263. The largest absolute Gasteiger partial charge is 0.495 e. The lowest BCUT2D eigenvalue weighted by atomic mass is 10.1. The van der Waals surface area contributed by atoms with Crippen molar-refractivity contribution in [2.45, 2.75) is 13.3 Å². The molecule has 1 unspecified atom stereocenters. The highest BCUT2D eigenvalue weighted by atomic mass is 79.9. The summed E-state index contributed by atoms with van der Waals surface area (Å²) < 4.78 is 6.11. The number of benzene rings is 2. The number of hydrogen-bond donors (Lipinski definition) is 1. The van der Waals surface area contributed by atoms with Crippen LogP contribution in [-0.2, 0) is 9.59 Å². The minimum absolute atomic E-state index is 0.0729. The van der Waals surface area contributed by atoms with Gasteiger partial charge < -0.3 is 15.0 Å². The molecule has 1 saturated heterocycles. The molecule has 2 aromatic carbocycles. The molecule has 1 heterocycles. The summed E-state index contributed by atoms with van der Waals surface area (Å²) in [6, 6.07) is 10.9. The standard InChI is InChI=1S/C19H18BrClN2O3/c1-11-7-15(17(26-2)9-14(11)21)22-19(25)12-8-18(24)23(10-12)16-6-4-3-5-13(16)20/h3-7,9,12H,8,10H2,1-2H3,(H,22,25). The lowest BCUT2D eigenvalue weighted by molar-refractivity contribution is -0.122. The summed E-state index contributed by atoms with van der Waals surface area (Å²) in [6.45, 7) is 2.19. The van der Waals surface area contributed by atoms with Gasteiger partial charge in [-0.15, -0.1) is 0 Å². The molecule has 1 fully saturated rings. The monoisotopic (exact) mass is 436 g/mol. The number of amides is 2. The maximum atomic E-state index is 12.7. The molecule has 3 rings (SSSR count). The van der Waals surface area contributed by atoms with Gasteiger partial charge in [-0.3, -0.25) is 9.59 Å². The Morgan fingerprint density at radius 1 is 1.35 bits per heavy atom. The second kappa shape index (κ2) is 7.68. The van der Waals surface area contributed by atoms with Crippen LogP contribution in [0, 0.1) is 12.8 Å². The predicted molar refractivity (Wildman–Crippen MR) is 106 cm³/mol. The van der Waals surface area contributed by atoms with Gasteiger partial charge in [-0.05, 0) is 46.6 Å². The molecule has 0 saturated carbocycles. The molecule has 0 bridgehead atoms. The third-order valence-corrected chi connectivity index (χ3v) is 5.46. The summed E-state index contributed by atoms with van der Waals surface area (Å²) in [6.07, 6.45) is 0.169. The number of carbonyl (C=O) groups excluding carboxylic acids is 2. The van der Waals surface area contributed by atoms with E-state index in [0.717, 1.165) is 15.7 Å². The molecule has 0 radical (unpaired) electrons. The highest BCUT2D eigenvalue weighted by Gasteiger charge is 2.36. The quantitative estimate of drug-likeness (QED) is 0.771. The molecule has 2 amide bonds. The van der Waals surface area contributed by atoms with Crippen LogP contribution in [-0.4, -0.2) is 25.5 Å². The van der Waals surface area contributed by atoms with Gasteiger partial charge in [-0.1, -0.05) is 23.7 Å². The minimum Gasteiger partial charge on any atom is -0.495 e. The number of rotatable bonds is 4. The summed E-state index contributed by atoms with van der Waals surface area (Å²) in [5.41, 5.74) is 2.15. The summed E-state index contributed by atoms with van der Waals surface area (Å²) in [4.78, 5) is 26.7. The number of para-hydroxylation sites is 1. The zero-order chi connectivity index (χ0) is 18.8. The van der Waals surface area contributed by atoms with E-state index in [1.165, 1.54) is 7.11 Å². The average Bonchev–Trinajstić information content (AvgIpc) is 3.00. The van der Waals surface area contributed by atoms with E-state index in [2.05, 4.69) is 21.2 Å². The number of methoxy groups -OCH3 is 1. The first-order chi connectivity index (χ1) is 12.4. The Hall–Kier alpha value is -2.05. The molecule has 2 aromatic rings. The van der Waals surface area contributed by atoms with E-state index >= 15 is 0 Å². The molecule has 0 aromatic heterocycles. The Bertz CT molecular complexity index is 872. The van der Waals surface area contributed by atoms with Gasteiger partial charge in [-0.25, -0.2) is 0 Å². The van der Waals surface area contributed by atoms with Crippen molar-refractivity contribution < 1.29 is 14.3 Å². The SMILES string of the molecule is COc1cc(Cl)c(C)cc1NC(=O)C1CC(=O)N(c2ccccc2Br)C1. The zero-order valence-electron chi connectivity index (χ0n) is 14.4. The van der Waals surface area contributed by atoms with Crippen LogP contribution in [0.2, 0.25) is 5.02 Å². The van der Waals surface area contributed by atoms with Crippen LogP contribution in [0.1, 0.15) is 12.0 Å². The number of aryl methyl sites for hydroxylation is 1. The van der Waals surface area contributed by atoms with Crippen LogP contribution in [0.4, 0.5) is 11.4 Å². The number of anilines is 2. The van der Waals surface area contributed by atoms with Gasteiger partial charge in [0, 0.05) is 28.5 Å². The van der Waals surface area contributed by atoms with Crippen molar-refractivity contribution in [1.29, 1.82) is 0 Å². The number of halogens is 2. The van der Waals surface area contributed by atoms with E-state index in [1.54, 1.807) is 17.0 Å². The van der Waals surface area contributed by atoms with Crippen LogP contribution in [0.15, 0.2) is 40.9 Å². The van der Waals surface area contributed by atoms with E-state index in [4.69, 9.17) is 16.3 Å². The lowest BCUT2D eigenvalue weighted by Gasteiger charge is -2.18. The Morgan fingerprint density at radius 2 is 2.08 bits per heavy atom. The zero-order valence-corrected chi connectivity index (χ0v) is 16.7. The van der Waals surface area contributed by atoms with Crippen LogP contribution < -0.4 is 15.0 Å². The van der Waals surface area contributed by atoms with Gasteiger partial charge in [-0.2, -0.15) is 0 Å². The molecule has 5 nitrogen and oxygen atoms in total. The van der Waals surface area contributed by atoms with Crippen molar-refractivity contribution in [2.24, 2.45) is 5.92 Å². The fourth-order valence-corrected chi connectivity index (χ4v) is 3.60. The fourth-order valence-electron chi connectivity index (χ4n) is 2.95. The number of nitrogens with zero attached hydrogens (tertiary/aromatic N) is 1. The van der Waals surface area contributed by atoms with E-state index in [-0.39, 0.29) is 18.2 Å². The van der Waals surface area contributed by atoms with Crippen LogP contribution in [0.25, 0.3) is 0 Å². The highest BCUT2D eigenvalue weighted by molar-refractivity contribution is 9.10. The molecule has 1 N–H and O–H groups in total. The highest BCUT2D eigenvalue weighted by Crippen LogP contribution is 2.34. The van der Waals surface area contributed by atoms with Gasteiger partial charge >= 0.3 is 0 Å². The van der Waals surface area contributed by atoms with E-state index in [1.807, 2.05) is 31.2 Å². The van der Waals surface area contributed by atoms with E-state index in [9.17, 15) is 9.59 Å². The summed E-state index contributed by atoms with van der Waals surface area (Å²) >= 11 is 9.56. The molecule has 0 spiro atoms. The lowest BCUT2D eigenvalue weighted by Crippen LogP contribution is -2.28. The van der Waals surface area contributed by atoms with Crippen LogP contribution in [0.3, 0.4) is 0 Å². The molecular weight excluding hydrogens is 420 g/mol. The molecule has 1 aliphatic rings. The first kappa shape index (κ1) is 18.7. The summed E-state index contributed by atoms with van der Waals surface area (Å²) in [5.74, 6) is -0.236. The molecule has 7 heteroatoms. The Labute approximate surface area is 165 Å². The second-order valence-electron chi connectivity index (χ2n) is 6.15. The first-order valence-corrected chi connectivity index (χ1v) is 9.27. The van der Waals surface area contributed by atoms with Gasteiger partial charge in [0.2, 0.25) is 11.8 Å². The number of hydrogen-bond acceptors (Lipinski definition) is 3. The van der Waals surface area contributed by atoms with Crippen LogP contribution in [0.5, 0.6) is 5.75 Å². The number of nitrogens with one attached hydrogen (secondary N) is 1. The maximum Gasteiger partial charge on any atom is 0.229 e. The number of carbonyl (C=O) groups is 2.